The smallest absolute Gasteiger partial charge is 0.146 e. The minimum Gasteiger partial charge on any atom is -0.366 e. The molecule has 0 radical (unpaired) electrons. The largest absolute Gasteiger partial charge is 0.366 e. The van der Waals surface area contributed by atoms with Crippen LogP contribution in [0, 0.1) is 5.82 Å². The molecule has 1 heterocycles. The van der Waals surface area contributed by atoms with Crippen molar-refractivity contribution in [2.75, 3.05) is 38.1 Å². The van der Waals surface area contributed by atoms with Crippen molar-refractivity contribution in [3.63, 3.8) is 0 Å². The van der Waals surface area contributed by atoms with E-state index < -0.39 is 0 Å². The molecule has 1 unspecified atom stereocenters. The molecule has 0 amide bonds. The van der Waals surface area contributed by atoms with E-state index in [0.717, 1.165) is 37.4 Å². The van der Waals surface area contributed by atoms with E-state index in [0.29, 0.717) is 12.6 Å². The highest BCUT2D eigenvalue weighted by atomic mass is 19.1. The Labute approximate surface area is 115 Å². The predicted octanol–water partition coefficient (Wildman–Crippen LogP) is 2.08. The van der Waals surface area contributed by atoms with Crippen LogP contribution in [0.1, 0.15) is 19.4 Å². The second-order valence-corrected chi connectivity index (χ2v) is 5.20. The van der Waals surface area contributed by atoms with Crippen LogP contribution in [0.4, 0.5) is 10.1 Å². The average molecular weight is 265 g/mol. The molecule has 0 bridgehead atoms. The third-order valence-electron chi connectivity index (χ3n) is 3.93. The molecule has 3 nitrogen and oxygen atoms in total. The zero-order chi connectivity index (χ0) is 13.8. The lowest BCUT2D eigenvalue weighted by Gasteiger charge is -2.41. The van der Waals surface area contributed by atoms with Gasteiger partial charge < -0.3 is 10.2 Å². The standard InChI is InChI=1S/C15H24FN3/c1-4-18-8-9-19(11-12(18)2)15-13(10-17-3)6-5-7-14(15)16/h5-7,12,17H,4,8-11H2,1-3H3. The molecular weight excluding hydrogens is 241 g/mol. The first-order chi connectivity index (χ1) is 9.17. The van der Waals surface area contributed by atoms with E-state index in [-0.39, 0.29) is 5.82 Å². The maximum Gasteiger partial charge on any atom is 0.146 e. The predicted molar refractivity (Wildman–Crippen MR) is 78.1 cm³/mol. The van der Waals surface area contributed by atoms with Crippen LogP contribution in [-0.4, -0.2) is 44.2 Å². The van der Waals surface area contributed by atoms with Gasteiger partial charge in [-0.1, -0.05) is 19.1 Å². The van der Waals surface area contributed by atoms with Gasteiger partial charge in [0.05, 0.1) is 5.69 Å². The highest BCUT2D eigenvalue weighted by molar-refractivity contribution is 5.55. The maximum absolute atomic E-state index is 14.2. The zero-order valence-corrected chi connectivity index (χ0v) is 12.1. The van der Waals surface area contributed by atoms with Gasteiger partial charge in [-0.15, -0.1) is 0 Å². The van der Waals surface area contributed by atoms with E-state index >= 15 is 0 Å². The molecule has 0 spiro atoms. The first-order valence-electron chi connectivity index (χ1n) is 7.08. The molecule has 1 saturated heterocycles. The number of piperazine rings is 1. The third kappa shape index (κ3) is 3.07. The number of para-hydroxylation sites is 1. The van der Waals surface area contributed by atoms with Gasteiger partial charge in [0.25, 0.3) is 0 Å². The Morgan fingerprint density at radius 2 is 2.16 bits per heavy atom. The Bertz CT molecular complexity index is 422. The fourth-order valence-electron chi connectivity index (χ4n) is 2.92. The van der Waals surface area contributed by atoms with Gasteiger partial charge in [-0.3, -0.25) is 4.90 Å². The molecular formula is C15H24FN3. The SMILES string of the molecule is CCN1CCN(c2c(F)cccc2CNC)CC1C. The number of rotatable bonds is 4. The number of likely N-dealkylation sites (N-methyl/N-ethyl adjacent to an activating group) is 1. The molecule has 1 aliphatic heterocycles. The summed E-state index contributed by atoms with van der Waals surface area (Å²) in [6.07, 6.45) is 0. The summed E-state index contributed by atoms with van der Waals surface area (Å²) >= 11 is 0. The van der Waals surface area contributed by atoms with Gasteiger partial charge in [-0.25, -0.2) is 4.39 Å². The molecule has 1 aliphatic rings. The monoisotopic (exact) mass is 265 g/mol. The van der Waals surface area contributed by atoms with Crippen molar-refractivity contribution in [2.24, 2.45) is 0 Å². The number of hydrogen-bond acceptors (Lipinski definition) is 3. The minimum atomic E-state index is -0.107. The lowest BCUT2D eigenvalue weighted by molar-refractivity contribution is 0.199. The van der Waals surface area contributed by atoms with Crippen molar-refractivity contribution < 1.29 is 4.39 Å². The fraction of sp³-hybridized carbons (Fsp3) is 0.600. The van der Waals surface area contributed by atoms with Crippen LogP contribution >= 0.6 is 0 Å². The first kappa shape index (κ1) is 14.3. The molecule has 0 saturated carbocycles. The fourth-order valence-corrected chi connectivity index (χ4v) is 2.92. The van der Waals surface area contributed by atoms with Crippen molar-refractivity contribution in [1.82, 2.24) is 10.2 Å². The van der Waals surface area contributed by atoms with Crippen molar-refractivity contribution in [3.05, 3.63) is 29.6 Å². The number of anilines is 1. The van der Waals surface area contributed by atoms with Crippen LogP contribution < -0.4 is 10.2 Å². The summed E-state index contributed by atoms with van der Waals surface area (Å²) in [7, 11) is 1.90. The number of halogens is 1. The number of nitrogens with one attached hydrogen (secondary N) is 1. The van der Waals surface area contributed by atoms with Crippen LogP contribution in [0.3, 0.4) is 0 Å². The number of nitrogens with zero attached hydrogens (tertiary/aromatic N) is 2. The van der Waals surface area contributed by atoms with Gasteiger partial charge in [0.1, 0.15) is 5.82 Å². The lowest BCUT2D eigenvalue weighted by atomic mass is 10.1. The summed E-state index contributed by atoms with van der Waals surface area (Å²) in [6, 6.07) is 5.83. The van der Waals surface area contributed by atoms with Gasteiger partial charge in [0, 0.05) is 32.2 Å². The van der Waals surface area contributed by atoms with Gasteiger partial charge >= 0.3 is 0 Å². The van der Waals surface area contributed by atoms with E-state index in [1.165, 1.54) is 0 Å². The Balaban J connectivity index is 2.22. The lowest BCUT2D eigenvalue weighted by Crippen LogP contribution is -2.52. The van der Waals surface area contributed by atoms with E-state index in [1.54, 1.807) is 12.1 Å². The molecule has 19 heavy (non-hydrogen) atoms. The molecule has 1 aromatic carbocycles. The van der Waals surface area contributed by atoms with E-state index in [1.807, 2.05) is 13.1 Å². The summed E-state index contributed by atoms with van der Waals surface area (Å²) in [5, 5.41) is 3.12. The molecule has 2 rings (SSSR count). The van der Waals surface area contributed by atoms with Crippen LogP contribution in [0.15, 0.2) is 18.2 Å². The van der Waals surface area contributed by atoms with Gasteiger partial charge in [0.2, 0.25) is 0 Å². The molecule has 1 aromatic rings. The number of hydrogen-bond donors (Lipinski definition) is 1. The van der Waals surface area contributed by atoms with Crippen molar-refractivity contribution in [1.29, 1.82) is 0 Å². The minimum absolute atomic E-state index is 0.107. The molecule has 1 atom stereocenters. The van der Waals surface area contributed by atoms with Crippen LogP contribution in [0.25, 0.3) is 0 Å². The second kappa shape index (κ2) is 6.35. The number of benzene rings is 1. The Kier molecular flexibility index (Phi) is 4.77. The highest BCUT2D eigenvalue weighted by Crippen LogP contribution is 2.26. The molecule has 0 aliphatic carbocycles. The molecule has 106 valence electrons. The molecule has 1 fully saturated rings. The van der Waals surface area contributed by atoms with Gasteiger partial charge in [0.15, 0.2) is 0 Å². The molecule has 1 N–H and O–H groups in total. The Morgan fingerprint density at radius 3 is 2.79 bits per heavy atom. The summed E-state index contributed by atoms with van der Waals surface area (Å²) in [6.45, 7) is 8.97. The average Bonchev–Trinajstić information content (AvgIpc) is 2.39. The molecule has 0 aromatic heterocycles. The topological polar surface area (TPSA) is 18.5 Å². The van der Waals surface area contributed by atoms with Crippen LogP contribution in [-0.2, 0) is 6.54 Å². The quantitative estimate of drug-likeness (QED) is 0.899. The van der Waals surface area contributed by atoms with Crippen molar-refractivity contribution in [3.8, 4) is 0 Å². The van der Waals surface area contributed by atoms with Crippen molar-refractivity contribution in [2.45, 2.75) is 26.4 Å². The summed E-state index contributed by atoms with van der Waals surface area (Å²) < 4.78 is 14.2. The van der Waals surface area contributed by atoms with Crippen molar-refractivity contribution >= 4 is 5.69 Å². The zero-order valence-electron chi connectivity index (χ0n) is 12.1. The molecule has 4 heteroatoms. The first-order valence-corrected chi connectivity index (χ1v) is 7.08. The van der Waals surface area contributed by atoms with Gasteiger partial charge in [-0.05, 0) is 32.1 Å². The summed E-state index contributed by atoms with van der Waals surface area (Å²) in [4.78, 5) is 4.63. The second-order valence-electron chi connectivity index (χ2n) is 5.20. The van der Waals surface area contributed by atoms with E-state index in [4.69, 9.17) is 0 Å². The van der Waals surface area contributed by atoms with Gasteiger partial charge in [-0.2, -0.15) is 0 Å². The Morgan fingerprint density at radius 1 is 1.37 bits per heavy atom. The van der Waals surface area contributed by atoms with E-state index in [9.17, 15) is 4.39 Å². The highest BCUT2D eigenvalue weighted by Gasteiger charge is 2.25. The van der Waals surface area contributed by atoms with E-state index in [2.05, 4.69) is 29.0 Å². The summed E-state index contributed by atoms with van der Waals surface area (Å²) in [5.41, 5.74) is 1.82. The Hall–Kier alpha value is -1.13. The maximum atomic E-state index is 14.2. The third-order valence-corrected chi connectivity index (χ3v) is 3.93. The van der Waals surface area contributed by atoms with Crippen LogP contribution in [0.2, 0.25) is 0 Å². The van der Waals surface area contributed by atoms with Crippen LogP contribution in [0.5, 0.6) is 0 Å². The normalized spacial score (nSPS) is 20.8. The summed E-state index contributed by atoms with van der Waals surface area (Å²) in [5.74, 6) is -0.107.